The van der Waals surface area contributed by atoms with Crippen molar-refractivity contribution in [1.82, 2.24) is 9.97 Å². The van der Waals surface area contributed by atoms with Crippen LogP contribution in [-0.2, 0) is 4.74 Å². The fourth-order valence-electron chi connectivity index (χ4n) is 2.22. The molecule has 0 saturated carbocycles. The lowest BCUT2D eigenvalue weighted by Crippen LogP contribution is -2.39. The van der Waals surface area contributed by atoms with Gasteiger partial charge in [0.2, 0.25) is 5.95 Å². The average molecular weight is 399 g/mol. The minimum absolute atomic E-state index is 0.0339. The van der Waals surface area contributed by atoms with Crippen LogP contribution in [0.4, 0.5) is 5.95 Å². The Balaban J connectivity index is 1.80. The Bertz CT molecular complexity index is 591. The average Bonchev–Trinajstić information content (AvgIpc) is 2.49. The van der Waals surface area contributed by atoms with Crippen LogP contribution in [0.1, 0.15) is 11.7 Å². The zero-order valence-electron chi connectivity index (χ0n) is 10.7. The van der Waals surface area contributed by atoms with Gasteiger partial charge in [-0.15, -0.1) is 0 Å². The quantitative estimate of drug-likeness (QED) is 0.774. The highest BCUT2D eigenvalue weighted by Crippen LogP contribution is 2.29. The lowest BCUT2D eigenvalue weighted by Gasteiger charge is -2.33. The molecular formula is C14H13Br2N3O. The summed E-state index contributed by atoms with van der Waals surface area (Å²) in [6.07, 6.45) is 3.57. The molecule has 1 aromatic heterocycles. The molecule has 0 bridgehead atoms. The third-order valence-electron chi connectivity index (χ3n) is 3.21. The second kappa shape index (κ2) is 6.20. The Morgan fingerprint density at radius 3 is 2.65 bits per heavy atom. The molecule has 1 aliphatic rings. The molecule has 3 rings (SSSR count). The van der Waals surface area contributed by atoms with Gasteiger partial charge >= 0.3 is 0 Å². The monoisotopic (exact) mass is 397 g/mol. The van der Waals surface area contributed by atoms with Gasteiger partial charge in [0.1, 0.15) is 6.10 Å². The first-order valence-electron chi connectivity index (χ1n) is 6.32. The van der Waals surface area contributed by atoms with Gasteiger partial charge in [0.15, 0.2) is 0 Å². The van der Waals surface area contributed by atoms with Crippen molar-refractivity contribution in [1.29, 1.82) is 0 Å². The summed E-state index contributed by atoms with van der Waals surface area (Å²) in [5.41, 5.74) is 1.16. The van der Waals surface area contributed by atoms with Gasteiger partial charge in [0, 0.05) is 23.4 Å². The smallest absolute Gasteiger partial charge is 0.225 e. The molecule has 1 aromatic carbocycles. The molecular weight excluding hydrogens is 386 g/mol. The van der Waals surface area contributed by atoms with Crippen LogP contribution in [0.15, 0.2) is 45.6 Å². The van der Waals surface area contributed by atoms with Gasteiger partial charge in [-0.2, -0.15) is 0 Å². The van der Waals surface area contributed by atoms with Crippen LogP contribution in [0.3, 0.4) is 0 Å². The molecule has 4 nitrogen and oxygen atoms in total. The highest BCUT2D eigenvalue weighted by molar-refractivity contribution is 9.10. The molecule has 1 atom stereocenters. The molecule has 0 amide bonds. The van der Waals surface area contributed by atoms with E-state index in [0.29, 0.717) is 6.61 Å². The molecule has 0 N–H and O–H groups in total. The van der Waals surface area contributed by atoms with Gasteiger partial charge in [0.25, 0.3) is 0 Å². The molecule has 20 heavy (non-hydrogen) atoms. The second-order valence-electron chi connectivity index (χ2n) is 4.53. The maximum absolute atomic E-state index is 5.88. The summed E-state index contributed by atoms with van der Waals surface area (Å²) < 4.78 is 7.84. The van der Waals surface area contributed by atoms with Crippen molar-refractivity contribution in [3.63, 3.8) is 0 Å². The molecule has 2 heterocycles. The van der Waals surface area contributed by atoms with E-state index in [1.54, 1.807) is 12.4 Å². The summed E-state index contributed by atoms with van der Waals surface area (Å²) in [5, 5.41) is 0. The molecule has 0 spiro atoms. The van der Waals surface area contributed by atoms with Crippen molar-refractivity contribution in [2.24, 2.45) is 0 Å². The van der Waals surface area contributed by atoms with Crippen LogP contribution in [-0.4, -0.2) is 29.7 Å². The maximum Gasteiger partial charge on any atom is 0.225 e. The largest absolute Gasteiger partial charge is 0.370 e. The zero-order valence-corrected chi connectivity index (χ0v) is 13.8. The van der Waals surface area contributed by atoms with E-state index in [9.17, 15) is 0 Å². The Labute approximate surface area is 134 Å². The summed E-state index contributed by atoms with van der Waals surface area (Å²) in [6, 6.07) is 8.15. The number of morpholine rings is 1. The fraction of sp³-hybridized carbons (Fsp3) is 0.286. The SMILES string of the molecule is Brc1cnc(N2CCOC(c3ccccc3Br)C2)nc1. The summed E-state index contributed by atoms with van der Waals surface area (Å²) in [6.45, 7) is 2.23. The van der Waals surface area contributed by atoms with Crippen molar-refractivity contribution in [2.45, 2.75) is 6.10 Å². The topological polar surface area (TPSA) is 38.2 Å². The van der Waals surface area contributed by atoms with Crippen LogP contribution in [0.5, 0.6) is 0 Å². The van der Waals surface area contributed by atoms with E-state index in [4.69, 9.17) is 4.74 Å². The molecule has 0 radical (unpaired) electrons. The van der Waals surface area contributed by atoms with Crippen molar-refractivity contribution < 1.29 is 4.74 Å². The number of rotatable bonds is 2. The first-order chi connectivity index (χ1) is 9.74. The van der Waals surface area contributed by atoms with Crippen LogP contribution < -0.4 is 4.90 Å². The minimum Gasteiger partial charge on any atom is -0.370 e. The highest BCUT2D eigenvalue weighted by atomic mass is 79.9. The summed E-state index contributed by atoms with van der Waals surface area (Å²) in [4.78, 5) is 10.9. The Hall–Kier alpha value is -0.980. The predicted octanol–water partition coefficient (Wildman–Crippen LogP) is 3.58. The van der Waals surface area contributed by atoms with Crippen molar-refractivity contribution in [2.75, 3.05) is 24.6 Å². The third kappa shape index (κ3) is 3.02. The number of nitrogens with zero attached hydrogens (tertiary/aromatic N) is 3. The van der Waals surface area contributed by atoms with E-state index in [1.807, 2.05) is 18.2 Å². The number of hydrogen-bond acceptors (Lipinski definition) is 4. The molecule has 1 saturated heterocycles. The lowest BCUT2D eigenvalue weighted by molar-refractivity contribution is 0.0388. The summed E-state index contributed by atoms with van der Waals surface area (Å²) in [7, 11) is 0. The predicted molar refractivity (Wildman–Crippen MR) is 84.8 cm³/mol. The van der Waals surface area contributed by atoms with Crippen LogP contribution in [0, 0.1) is 0 Å². The molecule has 6 heteroatoms. The van der Waals surface area contributed by atoms with E-state index >= 15 is 0 Å². The Kier molecular flexibility index (Phi) is 4.33. The molecule has 1 unspecified atom stereocenters. The Morgan fingerprint density at radius 2 is 1.90 bits per heavy atom. The standard InChI is InChI=1S/C14H13Br2N3O/c15-10-7-17-14(18-8-10)19-5-6-20-13(9-19)11-3-1-2-4-12(11)16/h1-4,7-8,13H,5-6,9H2. The minimum atomic E-state index is 0.0339. The normalized spacial score (nSPS) is 19.1. The first-order valence-corrected chi connectivity index (χ1v) is 7.91. The second-order valence-corrected chi connectivity index (χ2v) is 6.30. The van der Waals surface area contributed by atoms with Crippen LogP contribution in [0.25, 0.3) is 0 Å². The van der Waals surface area contributed by atoms with Crippen LogP contribution >= 0.6 is 31.9 Å². The number of hydrogen-bond donors (Lipinski definition) is 0. The molecule has 1 aliphatic heterocycles. The number of anilines is 1. The van der Waals surface area contributed by atoms with Gasteiger partial charge in [-0.1, -0.05) is 34.1 Å². The Morgan fingerprint density at radius 1 is 1.15 bits per heavy atom. The zero-order chi connectivity index (χ0) is 13.9. The molecule has 0 aliphatic carbocycles. The van der Waals surface area contributed by atoms with Gasteiger partial charge in [-0.3, -0.25) is 0 Å². The third-order valence-corrected chi connectivity index (χ3v) is 4.34. The summed E-state index contributed by atoms with van der Waals surface area (Å²) in [5.74, 6) is 0.744. The number of ether oxygens (including phenoxy) is 1. The van der Waals surface area contributed by atoms with E-state index < -0.39 is 0 Å². The lowest BCUT2D eigenvalue weighted by atomic mass is 10.1. The van der Waals surface area contributed by atoms with Crippen LogP contribution in [0.2, 0.25) is 0 Å². The number of benzene rings is 1. The van der Waals surface area contributed by atoms with Gasteiger partial charge < -0.3 is 9.64 Å². The number of aromatic nitrogens is 2. The molecule has 1 fully saturated rings. The van der Waals surface area contributed by atoms with Gasteiger partial charge in [-0.05, 0) is 27.6 Å². The van der Waals surface area contributed by atoms with Crippen molar-refractivity contribution in [3.05, 3.63) is 51.2 Å². The van der Waals surface area contributed by atoms with E-state index in [0.717, 1.165) is 33.5 Å². The molecule has 2 aromatic rings. The van der Waals surface area contributed by atoms with Crippen molar-refractivity contribution in [3.8, 4) is 0 Å². The maximum atomic E-state index is 5.88. The first kappa shape index (κ1) is 14.0. The van der Waals surface area contributed by atoms with Gasteiger partial charge in [-0.25, -0.2) is 9.97 Å². The molecule has 104 valence electrons. The van der Waals surface area contributed by atoms with E-state index in [2.05, 4.69) is 52.8 Å². The highest BCUT2D eigenvalue weighted by Gasteiger charge is 2.24. The van der Waals surface area contributed by atoms with E-state index in [-0.39, 0.29) is 6.10 Å². The fourth-order valence-corrected chi connectivity index (χ4v) is 2.97. The van der Waals surface area contributed by atoms with Gasteiger partial charge in [0.05, 0.1) is 17.6 Å². The van der Waals surface area contributed by atoms with E-state index in [1.165, 1.54) is 0 Å². The number of halogens is 2. The van der Waals surface area contributed by atoms with Crippen molar-refractivity contribution >= 4 is 37.8 Å². The summed E-state index contributed by atoms with van der Waals surface area (Å²) >= 11 is 6.93.